The predicted octanol–water partition coefficient (Wildman–Crippen LogP) is 3.40. The van der Waals surface area contributed by atoms with E-state index < -0.39 is 0 Å². The monoisotopic (exact) mass is 348 g/mol. The summed E-state index contributed by atoms with van der Waals surface area (Å²) in [5.74, 6) is 1.20. The van der Waals surface area contributed by atoms with Gasteiger partial charge < -0.3 is 15.8 Å². The van der Waals surface area contributed by atoms with E-state index in [0.29, 0.717) is 18.9 Å². The second-order valence-corrected chi connectivity index (χ2v) is 6.30. The van der Waals surface area contributed by atoms with Crippen LogP contribution < -0.4 is 15.8 Å². The molecule has 1 aliphatic rings. The quantitative estimate of drug-likeness (QED) is 0.870. The molecule has 1 amide bonds. The first-order valence-electron chi connectivity index (χ1n) is 8.26. The van der Waals surface area contributed by atoms with E-state index in [1.807, 2.05) is 24.3 Å². The summed E-state index contributed by atoms with van der Waals surface area (Å²) in [5.41, 5.74) is 7.08. The summed E-state index contributed by atoms with van der Waals surface area (Å²) in [4.78, 5) is 12.2. The van der Waals surface area contributed by atoms with Gasteiger partial charge in [-0.1, -0.05) is 36.8 Å². The van der Waals surface area contributed by atoms with Crippen LogP contribution in [0.5, 0.6) is 5.75 Å². The zero-order valence-corrected chi connectivity index (χ0v) is 14.8. The Balaban J connectivity index is 0.00000208. The van der Waals surface area contributed by atoms with E-state index in [9.17, 15) is 4.79 Å². The summed E-state index contributed by atoms with van der Waals surface area (Å²) in [7, 11) is 1.66. The average Bonchev–Trinajstić information content (AvgIpc) is 2.97. The molecule has 0 radical (unpaired) electrons. The molecule has 1 aliphatic carbocycles. The molecule has 1 saturated carbocycles. The molecular formula is C19H25ClN2O2. The van der Waals surface area contributed by atoms with E-state index in [1.54, 1.807) is 7.11 Å². The molecule has 1 fully saturated rings. The first kappa shape index (κ1) is 18.6. The third kappa shape index (κ3) is 4.00. The molecule has 0 spiro atoms. The minimum absolute atomic E-state index is 0. The highest BCUT2D eigenvalue weighted by molar-refractivity contribution is 5.88. The van der Waals surface area contributed by atoms with Gasteiger partial charge in [0.05, 0.1) is 7.11 Å². The van der Waals surface area contributed by atoms with Crippen molar-refractivity contribution in [3.05, 3.63) is 42.0 Å². The van der Waals surface area contributed by atoms with Crippen LogP contribution in [0.3, 0.4) is 0 Å². The van der Waals surface area contributed by atoms with Crippen molar-refractivity contribution in [1.29, 1.82) is 0 Å². The standard InChI is InChI=1S/C19H24N2O2.ClH/c1-23-18-10-9-13-5-2-3-7-15(13)16(18)12-21-19(22)11-14-6-4-8-17(14)20;/h2-3,5,7,9-10,14,17H,4,6,8,11-12,20H2,1H3,(H,21,22);1H/t14-,17+;/m0./s1. The van der Waals surface area contributed by atoms with Gasteiger partial charge in [0.1, 0.15) is 5.75 Å². The average molecular weight is 349 g/mol. The lowest BCUT2D eigenvalue weighted by Crippen LogP contribution is -2.31. The molecule has 0 saturated heterocycles. The maximum absolute atomic E-state index is 12.2. The van der Waals surface area contributed by atoms with Crippen LogP contribution in [0.15, 0.2) is 36.4 Å². The van der Waals surface area contributed by atoms with Gasteiger partial charge in [-0.3, -0.25) is 4.79 Å². The lowest BCUT2D eigenvalue weighted by Gasteiger charge is -2.16. The number of carbonyl (C=O) groups excluding carboxylic acids is 1. The van der Waals surface area contributed by atoms with Crippen LogP contribution in [0.4, 0.5) is 0 Å². The van der Waals surface area contributed by atoms with Crippen LogP contribution in [0.1, 0.15) is 31.2 Å². The first-order valence-corrected chi connectivity index (χ1v) is 8.26. The molecule has 130 valence electrons. The number of amides is 1. The molecule has 3 rings (SSSR count). The summed E-state index contributed by atoms with van der Waals surface area (Å²) in [6.07, 6.45) is 3.76. The van der Waals surface area contributed by atoms with Gasteiger partial charge in [-0.15, -0.1) is 12.4 Å². The van der Waals surface area contributed by atoms with Crippen LogP contribution in [-0.4, -0.2) is 19.1 Å². The number of fused-ring (bicyclic) bond motifs is 1. The second-order valence-electron chi connectivity index (χ2n) is 6.30. The van der Waals surface area contributed by atoms with E-state index in [2.05, 4.69) is 17.4 Å². The minimum Gasteiger partial charge on any atom is -0.496 e. The van der Waals surface area contributed by atoms with Gasteiger partial charge >= 0.3 is 0 Å². The summed E-state index contributed by atoms with van der Waals surface area (Å²) >= 11 is 0. The van der Waals surface area contributed by atoms with Crippen molar-refractivity contribution in [3.63, 3.8) is 0 Å². The molecule has 5 heteroatoms. The Morgan fingerprint density at radius 1 is 1.25 bits per heavy atom. The van der Waals surface area contributed by atoms with Crippen molar-refractivity contribution in [2.24, 2.45) is 11.7 Å². The number of benzene rings is 2. The third-order valence-electron chi connectivity index (χ3n) is 4.85. The summed E-state index contributed by atoms with van der Waals surface area (Å²) in [6.45, 7) is 0.477. The smallest absolute Gasteiger partial charge is 0.220 e. The molecule has 3 N–H and O–H groups in total. The fourth-order valence-electron chi connectivity index (χ4n) is 3.51. The van der Waals surface area contributed by atoms with Crippen LogP contribution in [0.25, 0.3) is 10.8 Å². The molecule has 4 nitrogen and oxygen atoms in total. The van der Waals surface area contributed by atoms with Crippen molar-refractivity contribution in [3.8, 4) is 5.75 Å². The van der Waals surface area contributed by atoms with Gasteiger partial charge in [0.2, 0.25) is 5.91 Å². The number of rotatable bonds is 5. The molecule has 0 aliphatic heterocycles. The Bertz CT molecular complexity index is 705. The SMILES string of the molecule is COc1ccc2ccccc2c1CNC(=O)C[C@@H]1CCC[C@H]1N.Cl. The number of halogens is 1. The number of ether oxygens (including phenoxy) is 1. The number of methoxy groups -OCH3 is 1. The minimum atomic E-state index is 0. The Morgan fingerprint density at radius 3 is 2.75 bits per heavy atom. The van der Waals surface area contributed by atoms with Crippen LogP contribution >= 0.6 is 12.4 Å². The molecule has 0 heterocycles. The molecule has 2 aromatic rings. The van der Waals surface area contributed by atoms with Crippen molar-refractivity contribution < 1.29 is 9.53 Å². The molecule has 2 atom stereocenters. The van der Waals surface area contributed by atoms with Crippen LogP contribution in [0, 0.1) is 5.92 Å². The highest BCUT2D eigenvalue weighted by atomic mass is 35.5. The van der Waals surface area contributed by atoms with Gasteiger partial charge in [0.15, 0.2) is 0 Å². The van der Waals surface area contributed by atoms with Crippen LogP contribution in [-0.2, 0) is 11.3 Å². The highest BCUT2D eigenvalue weighted by Gasteiger charge is 2.26. The predicted molar refractivity (Wildman–Crippen MR) is 99.5 cm³/mol. The van der Waals surface area contributed by atoms with E-state index in [4.69, 9.17) is 10.5 Å². The molecular weight excluding hydrogens is 324 g/mol. The van der Waals surface area contributed by atoms with Gasteiger partial charge in [0, 0.05) is 24.6 Å². The summed E-state index contributed by atoms with van der Waals surface area (Å²) in [6, 6.07) is 12.3. The van der Waals surface area contributed by atoms with Gasteiger partial charge in [-0.05, 0) is 35.6 Å². The number of hydrogen-bond donors (Lipinski definition) is 2. The Morgan fingerprint density at radius 2 is 2.04 bits per heavy atom. The van der Waals surface area contributed by atoms with Crippen LogP contribution in [0.2, 0.25) is 0 Å². The van der Waals surface area contributed by atoms with E-state index >= 15 is 0 Å². The highest BCUT2D eigenvalue weighted by Crippen LogP contribution is 2.29. The first-order chi connectivity index (χ1) is 11.2. The van der Waals surface area contributed by atoms with E-state index in [-0.39, 0.29) is 24.4 Å². The fourth-order valence-corrected chi connectivity index (χ4v) is 3.51. The summed E-state index contributed by atoms with van der Waals surface area (Å²) < 4.78 is 5.46. The maximum Gasteiger partial charge on any atom is 0.220 e. The summed E-state index contributed by atoms with van der Waals surface area (Å²) in [5, 5.41) is 5.30. The topological polar surface area (TPSA) is 64.3 Å². The molecule has 0 aromatic heterocycles. The Kier molecular flexibility index (Phi) is 6.46. The number of hydrogen-bond acceptors (Lipinski definition) is 3. The van der Waals surface area contributed by atoms with Crippen molar-refractivity contribution in [2.45, 2.75) is 38.3 Å². The van der Waals surface area contributed by atoms with Gasteiger partial charge in [0.25, 0.3) is 0 Å². The van der Waals surface area contributed by atoms with E-state index in [0.717, 1.165) is 41.3 Å². The molecule has 24 heavy (non-hydrogen) atoms. The van der Waals surface area contributed by atoms with Gasteiger partial charge in [-0.2, -0.15) is 0 Å². The lowest BCUT2D eigenvalue weighted by molar-refractivity contribution is -0.122. The lowest BCUT2D eigenvalue weighted by atomic mass is 9.99. The van der Waals surface area contributed by atoms with Crippen molar-refractivity contribution >= 4 is 29.1 Å². The van der Waals surface area contributed by atoms with E-state index in [1.165, 1.54) is 0 Å². The number of nitrogens with two attached hydrogens (primary N) is 1. The molecule has 0 unspecified atom stereocenters. The molecule has 0 bridgehead atoms. The van der Waals surface area contributed by atoms with Crippen molar-refractivity contribution in [2.75, 3.05) is 7.11 Å². The number of nitrogens with one attached hydrogen (secondary N) is 1. The van der Waals surface area contributed by atoms with Crippen molar-refractivity contribution in [1.82, 2.24) is 5.32 Å². The normalized spacial score (nSPS) is 19.8. The maximum atomic E-state index is 12.2. The Labute approximate surface area is 149 Å². The second kappa shape index (κ2) is 8.36. The number of carbonyl (C=O) groups is 1. The fraction of sp³-hybridized carbons (Fsp3) is 0.421. The zero-order chi connectivity index (χ0) is 16.2. The van der Waals surface area contributed by atoms with Gasteiger partial charge in [-0.25, -0.2) is 0 Å². The molecule has 2 aromatic carbocycles. The Hall–Kier alpha value is -1.78. The zero-order valence-electron chi connectivity index (χ0n) is 14.0. The largest absolute Gasteiger partial charge is 0.496 e. The third-order valence-corrected chi connectivity index (χ3v) is 4.85.